The molecule has 0 spiro atoms. The highest BCUT2D eigenvalue weighted by atomic mass is 16.5. The Kier molecular flexibility index (Phi) is 6.45. The normalized spacial score (nSPS) is 14.1. The van der Waals surface area contributed by atoms with Crippen LogP contribution in [0.2, 0.25) is 0 Å². The van der Waals surface area contributed by atoms with Crippen LogP contribution in [0.25, 0.3) is 0 Å². The van der Waals surface area contributed by atoms with Crippen molar-refractivity contribution in [2.45, 2.75) is 20.3 Å². The Bertz CT molecular complexity index is 934. The first-order chi connectivity index (χ1) is 14.0. The Labute approximate surface area is 170 Å². The molecule has 29 heavy (non-hydrogen) atoms. The van der Waals surface area contributed by atoms with Gasteiger partial charge in [-0.25, -0.2) is 9.78 Å². The Balaban J connectivity index is 1.75. The Morgan fingerprint density at radius 2 is 1.90 bits per heavy atom. The topological polar surface area (TPSA) is 86.5 Å². The van der Waals surface area contributed by atoms with E-state index in [1.54, 1.807) is 44.3 Å². The van der Waals surface area contributed by atoms with Crippen molar-refractivity contribution in [2.24, 2.45) is 0 Å². The second-order valence-electron chi connectivity index (χ2n) is 6.85. The third kappa shape index (κ3) is 4.72. The van der Waals surface area contributed by atoms with E-state index in [2.05, 4.69) is 20.9 Å². The minimum absolute atomic E-state index is 0.0122. The molecule has 7 nitrogen and oxygen atoms in total. The number of benzene rings is 1. The van der Waals surface area contributed by atoms with Gasteiger partial charge in [0, 0.05) is 43.6 Å². The molecule has 0 N–H and O–H groups in total. The molecule has 0 atom stereocenters. The van der Waals surface area contributed by atoms with Gasteiger partial charge in [0.15, 0.2) is 5.78 Å². The van der Waals surface area contributed by atoms with Crippen LogP contribution in [0.15, 0.2) is 36.5 Å². The largest absolute Gasteiger partial charge is 0.462 e. The molecule has 0 unspecified atom stereocenters. The van der Waals surface area contributed by atoms with Crippen LogP contribution in [0.3, 0.4) is 0 Å². The summed E-state index contributed by atoms with van der Waals surface area (Å²) >= 11 is 0. The summed E-state index contributed by atoms with van der Waals surface area (Å²) in [5.74, 6) is 0.419. The number of carbonyl (C=O) groups is 2. The molecule has 2 aromatic rings. The maximum Gasteiger partial charge on any atom is 0.339 e. The lowest BCUT2D eigenvalue weighted by Gasteiger charge is -2.26. The van der Waals surface area contributed by atoms with Gasteiger partial charge in [0.25, 0.3) is 0 Å². The predicted octanol–water partition coefficient (Wildman–Crippen LogP) is 3.05. The summed E-state index contributed by atoms with van der Waals surface area (Å²) in [6.45, 7) is 6.67. The molecule has 0 saturated carbocycles. The van der Waals surface area contributed by atoms with Crippen LogP contribution < -0.4 is 9.80 Å². The lowest BCUT2D eigenvalue weighted by atomic mass is 10.1. The number of esters is 1. The van der Waals surface area contributed by atoms with Gasteiger partial charge in [0.1, 0.15) is 5.82 Å². The van der Waals surface area contributed by atoms with Gasteiger partial charge in [-0.15, -0.1) is 0 Å². The maximum atomic E-state index is 12.0. The number of ketones is 1. The van der Waals surface area contributed by atoms with Crippen molar-refractivity contribution in [3.8, 4) is 6.07 Å². The molecule has 0 radical (unpaired) electrons. The fourth-order valence-electron chi connectivity index (χ4n) is 3.46. The van der Waals surface area contributed by atoms with Crippen LogP contribution in [0.5, 0.6) is 0 Å². The maximum absolute atomic E-state index is 12.0. The van der Waals surface area contributed by atoms with Crippen molar-refractivity contribution in [1.29, 1.82) is 5.26 Å². The number of hydrogen-bond donors (Lipinski definition) is 0. The first-order valence-electron chi connectivity index (χ1n) is 9.71. The van der Waals surface area contributed by atoms with E-state index in [-0.39, 0.29) is 11.8 Å². The molecule has 2 heterocycles. The highest BCUT2D eigenvalue weighted by Crippen LogP contribution is 2.25. The molecule has 0 amide bonds. The van der Waals surface area contributed by atoms with Gasteiger partial charge in [-0.1, -0.05) is 0 Å². The molecular formula is C22H24N4O3. The summed E-state index contributed by atoms with van der Waals surface area (Å²) < 4.78 is 5.00. The minimum atomic E-state index is -0.372. The number of aromatic nitrogens is 1. The SMILES string of the molecule is CCOC(=O)c1ccc(N2CCCN(c3cc(C#N)ccc3C(C)=O)CC2)nc1. The zero-order chi connectivity index (χ0) is 20.8. The first-order valence-corrected chi connectivity index (χ1v) is 9.71. The van der Waals surface area contributed by atoms with Gasteiger partial charge < -0.3 is 14.5 Å². The smallest absolute Gasteiger partial charge is 0.339 e. The highest BCUT2D eigenvalue weighted by molar-refractivity contribution is 6.00. The van der Waals surface area contributed by atoms with Gasteiger partial charge in [-0.05, 0) is 50.6 Å². The van der Waals surface area contributed by atoms with Crippen LogP contribution in [0.4, 0.5) is 11.5 Å². The summed E-state index contributed by atoms with van der Waals surface area (Å²) in [7, 11) is 0. The molecule has 1 aliphatic heterocycles. The van der Waals surface area contributed by atoms with Gasteiger partial charge in [-0.3, -0.25) is 4.79 Å². The molecule has 0 aliphatic carbocycles. The van der Waals surface area contributed by atoms with Gasteiger partial charge in [-0.2, -0.15) is 5.26 Å². The number of rotatable bonds is 5. The highest BCUT2D eigenvalue weighted by Gasteiger charge is 2.20. The number of anilines is 2. The van der Waals surface area contributed by atoms with E-state index < -0.39 is 0 Å². The third-order valence-electron chi connectivity index (χ3n) is 4.93. The second kappa shape index (κ2) is 9.20. The monoisotopic (exact) mass is 392 g/mol. The van der Waals surface area contributed by atoms with Crippen LogP contribution in [0, 0.1) is 11.3 Å². The van der Waals surface area contributed by atoms with Gasteiger partial charge in [0.2, 0.25) is 0 Å². The van der Waals surface area contributed by atoms with Crippen LogP contribution in [-0.4, -0.2) is 49.5 Å². The molecule has 1 aliphatic rings. The van der Waals surface area contributed by atoms with Crippen LogP contribution in [0.1, 0.15) is 46.5 Å². The number of nitrogens with zero attached hydrogens (tertiary/aromatic N) is 4. The molecule has 1 aromatic heterocycles. The molecule has 7 heteroatoms. The van der Waals surface area contributed by atoms with E-state index in [0.29, 0.717) is 29.8 Å². The van der Waals surface area contributed by atoms with E-state index >= 15 is 0 Å². The average Bonchev–Trinajstić information content (AvgIpc) is 2.99. The zero-order valence-electron chi connectivity index (χ0n) is 16.7. The van der Waals surface area contributed by atoms with Crippen LogP contribution >= 0.6 is 0 Å². The third-order valence-corrected chi connectivity index (χ3v) is 4.93. The molecule has 150 valence electrons. The lowest BCUT2D eigenvalue weighted by Crippen LogP contribution is -2.32. The van der Waals surface area contributed by atoms with E-state index in [1.165, 1.54) is 0 Å². The molecule has 1 saturated heterocycles. The standard InChI is InChI=1S/C22H24N4O3/c1-3-29-22(28)18-6-8-21(24-15-18)26-10-4-9-25(11-12-26)20-13-17(14-23)5-7-19(20)16(2)27/h5-8,13,15H,3-4,9-12H2,1-2H3. The number of carbonyl (C=O) groups excluding carboxylic acids is 2. The Morgan fingerprint density at radius 1 is 1.14 bits per heavy atom. The summed E-state index contributed by atoms with van der Waals surface area (Å²) in [6, 6.07) is 10.9. The predicted molar refractivity (Wildman–Crippen MR) is 110 cm³/mol. The van der Waals surface area contributed by atoms with Gasteiger partial charge in [0.05, 0.1) is 23.8 Å². The van der Waals surface area contributed by atoms with Crippen molar-refractivity contribution >= 4 is 23.3 Å². The average molecular weight is 392 g/mol. The Hall–Kier alpha value is -3.40. The zero-order valence-corrected chi connectivity index (χ0v) is 16.7. The fraction of sp³-hybridized carbons (Fsp3) is 0.364. The Morgan fingerprint density at radius 3 is 2.55 bits per heavy atom. The van der Waals surface area contributed by atoms with E-state index in [4.69, 9.17) is 4.74 Å². The summed E-state index contributed by atoms with van der Waals surface area (Å²) in [6.07, 6.45) is 2.43. The number of pyridine rings is 1. The van der Waals surface area contributed by atoms with E-state index in [1.807, 2.05) is 6.07 Å². The second-order valence-corrected chi connectivity index (χ2v) is 6.85. The van der Waals surface area contributed by atoms with Crippen molar-refractivity contribution < 1.29 is 14.3 Å². The molecule has 0 bridgehead atoms. The first kappa shape index (κ1) is 20.3. The summed E-state index contributed by atoms with van der Waals surface area (Å²) in [5, 5.41) is 9.23. The molecular weight excluding hydrogens is 368 g/mol. The molecule has 1 fully saturated rings. The van der Waals surface area contributed by atoms with Gasteiger partial charge >= 0.3 is 5.97 Å². The molecule has 1 aromatic carbocycles. The minimum Gasteiger partial charge on any atom is -0.462 e. The van der Waals surface area contributed by atoms with Crippen molar-refractivity contribution in [3.63, 3.8) is 0 Å². The quantitative estimate of drug-likeness (QED) is 0.571. The number of hydrogen-bond acceptors (Lipinski definition) is 7. The number of ether oxygens (including phenoxy) is 1. The van der Waals surface area contributed by atoms with E-state index in [9.17, 15) is 14.9 Å². The van der Waals surface area contributed by atoms with Crippen molar-refractivity contribution in [1.82, 2.24) is 4.98 Å². The van der Waals surface area contributed by atoms with Crippen molar-refractivity contribution in [3.05, 3.63) is 53.2 Å². The summed E-state index contributed by atoms with van der Waals surface area (Å²) in [5.41, 5.74) is 2.42. The van der Waals surface area contributed by atoms with Crippen molar-refractivity contribution in [2.75, 3.05) is 42.6 Å². The number of nitriles is 1. The van der Waals surface area contributed by atoms with E-state index in [0.717, 1.165) is 37.6 Å². The fourth-order valence-corrected chi connectivity index (χ4v) is 3.46. The summed E-state index contributed by atoms with van der Waals surface area (Å²) in [4.78, 5) is 32.6. The molecule has 3 rings (SSSR count). The number of Topliss-reactive ketones (excluding diaryl/α,β-unsaturated/α-hetero) is 1. The lowest BCUT2D eigenvalue weighted by molar-refractivity contribution is 0.0525. The van der Waals surface area contributed by atoms with Crippen LogP contribution in [-0.2, 0) is 4.74 Å².